The van der Waals surface area contributed by atoms with Crippen LogP contribution in [0.5, 0.6) is 5.75 Å². The van der Waals surface area contributed by atoms with Crippen molar-refractivity contribution >= 4 is 41.5 Å². The van der Waals surface area contributed by atoms with Gasteiger partial charge in [-0.05, 0) is 92.6 Å². The molecule has 4 amide bonds. The van der Waals surface area contributed by atoms with Crippen LogP contribution in [0, 0.1) is 13.8 Å². The van der Waals surface area contributed by atoms with Crippen LogP contribution in [-0.2, 0) is 36.6 Å². The summed E-state index contributed by atoms with van der Waals surface area (Å²) in [6.07, 6.45) is -1.68. The molecule has 57 heavy (non-hydrogen) atoms. The molecule has 3 aromatic rings. The van der Waals surface area contributed by atoms with Crippen LogP contribution in [0.25, 0.3) is 0 Å². The number of hydrogen-bond donors (Lipinski definition) is 2. The first kappa shape index (κ1) is 40.7. The summed E-state index contributed by atoms with van der Waals surface area (Å²) < 4.78 is 20.8. The number of phenolic OH excluding ortho intramolecular Hbond substituents is 1. The maximum atomic E-state index is 14.2. The minimum Gasteiger partial charge on any atom is -0.507 e. The summed E-state index contributed by atoms with van der Waals surface area (Å²) in [5.74, 6) is -0.782. The number of nitrogens with zero attached hydrogens (tertiary/aromatic N) is 4. The number of rotatable bonds is 10. The number of carbonyl (C=O) groups is 5. The zero-order valence-electron chi connectivity index (χ0n) is 32.9. The van der Waals surface area contributed by atoms with Crippen molar-refractivity contribution in [2.75, 3.05) is 62.6 Å². The fraction of sp³-hybridized carbons (Fsp3) is 0.452. The SMILES string of the molecule is CCOC(=O)OC(C)OC(=O)c1ccc(N2CCN(C(=O)[C@@H](Cc3cc(C)c(O)c(C)c3)OC(=O)N3CCC(N4CCc5ccccc5NC4=O)CC3)CC2)cc1. The van der Waals surface area contributed by atoms with E-state index >= 15 is 0 Å². The lowest BCUT2D eigenvalue weighted by atomic mass is 10.0. The molecular weight excluding hydrogens is 734 g/mol. The highest BCUT2D eigenvalue weighted by molar-refractivity contribution is 5.91. The van der Waals surface area contributed by atoms with Crippen molar-refractivity contribution in [2.45, 2.75) is 71.8 Å². The van der Waals surface area contributed by atoms with Gasteiger partial charge in [-0.25, -0.2) is 19.2 Å². The van der Waals surface area contributed by atoms with E-state index in [1.165, 1.54) is 6.92 Å². The number of esters is 1. The van der Waals surface area contributed by atoms with E-state index in [2.05, 4.69) is 10.2 Å². The number of aryl methyl sites for hydroxylation is 2. The van der Waals surface area contributed by atoms with Crippen LogP contribution in [0.4, 0.5) is 25.8 Å². The average Bonchev–Trinajstić information content (AvgIpc) is 3.37. The Bertz CT molecular complexity index is 1920. The number of nitrogens with one attached hydrogen (secondary N) is 1. The molecule has 15 heteroatoms. The predicted octanol–water partition coefficient (Wildman–Crippen LogP) is 5.64. The highest BCUT2D eigenvalue weighted by Crippen LogP contribution is 2.27. The van der Waals surface area contributed by atoms with E-state index in [1.54, 1.807) is 67.0 Å². The number of piperidine rings is 1. The second-order valence-corrected chi connectivity index (χ2v) is 14.5. The number of fused-ring (bicyclic) bond motifs is 1. The third-order valence-electron chi connectivity index (χ3n) is 10.7. The zero-order valence-corrected chi connectivity index (χ0v) is 32.9. The minimum atomic E-state index is -1.13. The van der Waals surface area contributed by atoms with Gasteiger partial charge in [0.1, 0.15) is 5.75 Å². The Morgan fingerprint density at radius 3 is 2.18 bits per heavy atom. The van der Waals surface area contributed by atoms with Crippen LogP contribution in [0.3, 0.4) is 0 Å². The Morgan fingerprint density at radius 1 is 0.842 bits per heavy atom. The molecule has 0 spiro atoms. The molecule has 15 nitrogen and oxygen atoms in total. The number of amides is 4. The molecule has 2 fully saturated rings. The molecule has 0 radical (unpaired) electrons. The van der Waals surface area contributed by atoms with Crippen LogP contribution < -0.4 is 10.2 Å². The van der Waals surface area contributed by atoms with E-state index in [0.29, 0.717) is 69.8 Å². The van der Waals surface area contributed by atoms with Gasteiger partial charge in [0.25, 0.3) is 5.91 Å². The maximum absolute atomic E-state index is 14.2. The number of phenols is 1. The molecule has 6 rings (SSSR count). The molecule has 2 N–H and O–H groups in total. The fourth-order valence-corrected chi connectivity index (χ4v) is 7.58. The number of anilines is 2. The second-order valence-electron chi connectivity index (χ2n) is 14.5. The lowest BCUT2D eigenvalue weighted by Gasteiger charge is -2.39. The molecule has 3 aliphatic rings. The summed E-state index contributed by atoms with van der Waals surface area (Å²) in [4.78, 5) is 72.4. The molecule has 1 unspecified atom stereocenters. The number of ether oxygens (including phenoxy) is 4. The molecule has 3 aliphatic heterocycles. The van der Waals surface area contributed by atoms with Gasteiger partial charge in [-0.2, -0.15) is 0 Å². The molecule has 3 heterocycles. The van der Waals surface area contributed by atoms with Crippen molar-refractivity contribution in [3.63, 3.8) is 0 Å². The van der Waals surface area contributed by atoms with Gasteiger partial charge >= 0.3 is 24.2 Å². The van der Waals surface area contributed by atoms with E-state index in [0.717, 1.165) is 28.9 Å². The number of para-hydroxylation sites is 1. The smallest absolute Gasteiger partial charge is 0.507 e. The number of aromatic hydroxyl groups is 1. The summed E-state index contributed by atoms with van der Waals surface area (Å²) in [6, 6.07) is 18.0. The van der Waals surface area contributed by atoms with E-state index in [9.17, 15) is 29.1 Å². The summed E-state index contributed by atoms with van der Waals surface area (Å²) in [7, 11) is 0. The maximum Gasteiger partial charge on any atom is 0.511 e. The first-order valence-electron chi connectivity index (χ1n) is 19.5. The first-order valence-corrected chi connectivity index (χ1v) is 19.5. The quantitative estimate of drug-likeness (QED) is 0.148. The summed E-state index contributed by atoms with van der Waals surface area (Å²) in [6.45, 7) is 9.88. The average molecular weight is 786 g/mol. The normalized spacial score (nSPS) is 17.1. The van der Waals surface area contributed by atoms with Crippen molar-refractivity contribution in [1.29, 1.82) is 0 Å². The van der Waals surface area contributed by atoms with Crippen LogP contribution in [0.1, 0.15) is 59.3 Å². The van der Waals surface area contributed by atoms with E-state index in [1.807, 2.05) is 29.2 Å². The lowest BCUT2D eigenvalue weighted by Crippen LogP contribution is -2.54. The van der Waals surface area contributed by atoms with Gasteiger partial charge in [0.05, 0.1) is 12.2 Å². The largest absolute Gasteiger partial charge is 0.511 e. The van der Waals surface area contributed by atoms with Crippen molar-refractivity contribution in [1.82, 2.24) is 14.7 Å². The van der Waals surface area contributed by atoms with Crippen molar-refractivity contribution in [2.24, 2.45) is 0 Å². The Kier molecular flexibility index (Phi) is 13.1. The van der Waals surface area contributed by atoms with Crippen LogP contribution in [0.2, 0.25) is 0 Å². The number of likely N-dealkylation sites (tertiary alicyclic amines) is 1. The number of hydrogen-bond acceptors (Lipinski definition) is 11. The van der Waals surface area contributed by atoms with E-state index < -0.39 is 30.6 Å². The van der Waals surface area contributed by atoms with Crippen LogP contribution >= 0.6 is 0 Å². The van der Waals surface area contributed by atoms with Gasteiger partial charge in [0, 0.05) is 76.6 Å². The summed E-state index contributed by atoms with van der Waals surface area (Å²) >= 11 is 0. The third kappa shape index (κ3) is 10.1. The molecule has 0 aliphatic carbocycles. The Morgan fingerprint density at radius 2 is 1.51 bits per heavy atom. The standard InChI is InChI=1S/C42H51N5O10/c1-5-54-42(53)56-29(4)55-39(50)32-10-12-33(13-11-32)44-20-22-45(23-21-44)38(49)36(26-30-24-27(2)37(48)28(3)25-30)57-41(52)46-17-15-34(16-18-46)47-19-14-31-8-6-7-9-35(31)43-40(47)51/h6-13,24-25,29,34,36,48H,5,14-23,26H2,1-4H3,(H,43,51)/t29?,36-/m1/s1. The van der Waals surface area contributed by atoms with Crippen LogP contribution in [0.15, 0.2) is 60.7 Å². The number of carbonyl (C=O) groups excluding carboxylic acids is 5. The molecule has 2 atom stereocenters. The highest BCUT2D eigenvalue weighted by atomic mass is 16.8. The molecule has 2 saturated heterocycles. The van der Waals surface area contributed by atoms with Gasteiger partial charge in [0.2, 0.25) is 6.29 Å². The van der Waals surface area contributed by atoms with E-state index in [4.69, 9.17) is 18.9 Å². The predicted molar refractivity (Wildman–Crippen MR) is 210 cm³/mol. The first-order chi connectivity index (χ1) is 27.4. The fourth-order valence-electron chi connectivity index (χ4n) is 7.58. The molecule has 0 bridgehead atoms. The van der Waals surface area contributed by atoms with Crippen molar-refractivity contribution in [3.05, 3.63) is 88.5 Å². The van der Waals surface area contributed by atoms with Gasteiger partial charge in [-0.15, -0.1) is 0 Å². The third-order valence-corrected chi connectivity index (χ3v) is 10.7. The van der Waals surface area contributed by atoms with Gasteiger partial charge in [-0.3, -0.25) is 4.79 Å². The zero-order chi connectivity index (χ0) is 40.6. The molecular formula is C42H51N5O10. The van der Waals surface area contributed by atoms with Crippen molar-refractivity contribution in [3.8, 4) is 5.75 Å². The lowest BCUT2D eigenvalue weighted by molar-refractivity contribution is -0.141. The highest BCUT2D eigenvalue weighted by Gasteiger charge is 2.35. The Hall–Kier alpha value is -5.99. The van der Waals surface area contributed by atoms with E-state index in [-0.39, 0.29) is 42.3 Å². The van der Waals surface area contributed by atoms with Crippen molar-refractivity contribution < 1.29 is 48.0 Å². The van der Waals surface area contributed by atoms with Gasteiger partial charge in [0.15, 0.2) is 6.10 Å². The number of benzene rings is 3. The number of urea groups is 1. The Labute approximate surface area is 332 Å². The second kappa shape index (κ2) is 18.3. The monoisotopic (exact) mass is 785 g/mol. The van der Waals surface area contributed by atoms with Gasteiger partial charge < -0.3 is 49.0 Å². The van der Waals surface area contributed by atoms with Crippen LogP contribution in [-0.4, -0.2) is 121 Å². The Balaban J connectivity index is 1.05. The topological polar surface area (TPSA) is 167 Å². The molecule has 0 aromatic heterocycles. The molecule has 304 valence electrons. The molecule has 0 saturated carbocycles. The summed E-state index contributed by atoms with van der Waals surface area (Å²) in [5, 5.41) is 13.4. The summed E-state index contributed by atoms with van der Waals surface area (Å²) in [5.41, 5.74) is 5.13. The number of piperazine rings is 1. The minimum absolute atomic E-state index is 0.0360. The molecule has 3 aromatic carbocycles. The van der Waals surface area contributed by atoms with Gasteiger partial charge in [-0.1, -0.05) is 30.3 Å².